The van der Waals surface area contributed by atoms with Gasteiger partial charge in [0, 0.05) is 5.41 Å². The Morgan fingerprint density at radius 1 is 1.29 bits per heavy atom. The second kappa shape index (κ2) is 5.24. The van der Waals surface area contributed by atoms with Crippen LogP contribution in [0.15, 0.2) is 49.8 Å². The molecule has 7 nitrogen and oxygen atoms in total. The lowest BCUT2D eigenvalue weighted by Crippen LogP contribution is -2.50. The van der Waals surface area contributed by atoms with Gasteiger partial charge < -0.3 is 9.52 Å². The van der Waals surface area contributed by atoms with Crippen molar-refractivity contribution in [1.29, 1.82) is 0 Å². The zero-order valence-electron chi connectivity index (χ0n) is 14.1. The van der Waals surface area contributed by atoms with E-state index in [0.29, 0.717) is 23.1 Å². The number of amidine groups is 2. The van der Waals surface area contributed by atoms with Crippen molar-refractivity contribution in [3.8, 4) is 11.8 Å². The van der Waals surface area contributed by atoms with E-state index < -0.39 is 11.0 Å². The van der Waals surface area contributed by atoms with Crippen molar-refractivity contribution in [1.82, 2.24) is 0 Å². The van der Waals surface area contributed by atoms with Gasteiger partial charge in [-0.3, -0.25) is 0 Å². The number of fused-ring (bicyclic) bond motifs is 1. The van der Waals surface area contributed by atoms with E-state index in [9.17, 15) is 5.11 Å². The highest BCUT2D eigenvalue weighted by molar-refractivity contribution is 6.31. The molecule has 0 fully saturated rings. The first kappa shape index (κ1) is 16.3. The van der Waals surface area contributed by atoms with E-state index in [2.05, 4.69) is 26.9 Å². The van der Waals surface area contributed by atoms with Crippen molar-refractivity contribution in [3.05, 3.63) is 36.1 Å². The van der Waals surface area contributed by atoms with Gasteiger partial charge in [-0.05, 0) is 34.8 Å². The Bertz CT molecular complexity index is 842. The smallest absolute Gasteiger partial charge is 0.300 e. The Morgan fingerprint density at radius 3 is 2.67 bits per heavy atom. The first-order valence-corrected chi connectivity index (χ1v) is 7.54. The summed E-state index contributed by atoms with van der Waals surface area (Å²) in [5.41, 5.74) is -1.13. The molecular formula is C17H20N5O2+. The number of quaternary nitrogens is 1. The normalized spacial score (nSPS) is 25.0. The lowest BCUT2D eigenvalue weighted by atomic mass is 9.78. The summed E-state index contributed by atoms with van der Waals surface area (Å²) in [4.78, 5) is 8.57. The van der Waals surface area contributed by atoms with Crippen molar-refractivity contribution >= 4 is 17.9 Å². The van der Waals surface area contributed by atoms with Crippen LogP contribution in [0.5, 0.6) is 0 Å². The van der Waals surface area contributed by atoms with Crippen LogP contribution in [0.2, 0.25) is 0 Å². The summed E-state index contributed by atoms with van der Waals surface area (Å²) in [6.45, 7) is 7.43. The summed E-state index contributed by atoms with van der Waals surface area (Å²) in [5, 5.41) is 14.8. The van der Waals surface area contributed by atoms with Crippen molar-refractivity contribution in [2.75, 3.05) is 0 Å². The van der Waals surface area contributed by atoms with Crippen LogP contribution in [0.1, 0.15) is 33.5 Å². The van der Waals surface area contributed by atoms with E-state index in [4.69, 9.17) is 10.3 Å². The predicted octanol–water partition coefficient (Wildman–Crippen LogP) is 1.77. The van der Waals surface area contributed by atoms with Crippen LogP contribution >= 0.6 is 0 Å². The maximum atomic E-state index is 10.4. The molecule has 0 bridgehead atoms. The van der Waals surface area contributed by atoms with Crippen molar-refractivity contribution in [3.63, 3.8) is 0 Å². The van der Waals surface area contributed by atoms with Gasteiger partial charge >= 0.3 is 0 Å². The average Bonchev–Trinajstić information content (AvgIpc) is 3.09. The molecule has 24 heavy (non-hydrogen) atoms. The van der Waals surface area contributed by atoms with Gasteiger partial charge in [-0.25, -0.2) is 4.99 Å². The maximum absolute atomic E-state index is 10.4. The highest BCUT2D eigenvalue weighted by Gasteiger charge is 2.40. The molecule has 2 unspecified atom stereocenters. The van der Waals surface area contributed by atoms with E-state index in [1.807, 2.05) is 20.8 Å². The summed E-state index contributed by atoms with van der Waals surface area (Å²) in [6.07, 6.45) is 4.65. The highest BCUT2D eigenvalue weighted by Crippen LogP contribution is 2.29. The predicted molar refractivity (Wildman–Crippen MR) is 91.6 cm³/mol. The van der Waals surface area contributed by atoms with Gasteiger partial charge in [0.15, 0.2) is 17.7 Å². The summed E-state index contributed by atoms with van der Waals surface area (Å²) < 4.78 is 4.92. The second-order valence-corrected chi connectivity index (χ2v) is 6.95. The standard InChI is InChI=1S/C17H20N5O2/c1-16(2,3)17(4,23)8-7-12-11-22(18)14(10-19-12)20-15(21-22)13-6-5-9-24-13/h5-6,9-11,23H,18H2,1-4H3/q+1. The van der Waals surface area contributed by atoms with Gasteiger partial charge in [-0.15, -0.1) is 5.84 Å². The Morgan fingerprint density at radius 2 is 2.04 bits per heavy atom. The molecule has 0 radical (unpaired) electrons. The van der Waals surface area contributed by atoms with E-state index in [1.165, 1.54) is 6.21 Å². The van der Waals surface area contributed by atoms with Crippen LogP contribution < -0.4 is 5.84 Å². The van der Waals surface area contributed by atoms with Gasteiger partial charge in [0.2, 0.25) is 0 Å². The van der Waals surface area contributed by atoms with Crippen LogP contribution in [0.3, 0.4) is 0 Å². The SMILES string of the molecule is CC(C)(C)C(C)(O)C#CC1=C[N+]2(N)N=C(c3ccco3)N=C2C=N1. The third kappa shape index (κ3) is 2.83. The molecule has 2 aliphatic rings. The molecule has 0 aliphatic carbocycles. The molecule has 7 heteroatoms. The number of hydrogen-bond acceptors (Lipinski definition) is 6. The van der Waals surface area contributed by atoms with Crippen LogP contribution in [0.25, 0.3) is 0 Å². The minimum atomic E-state index is -1.16. The van der Waals surface area contributed by atoms with Crippen molar-refractivity contribution < 1.29 is 14.2 Å². The third-order valence-corrected chi connectivity index (χ3v) is 4.12. The number of aliphatic imine (C=N–C) groups is 2. The molecule has 0 saturated carbocycles. The number of nitrogens with two attached hydrogens (primary N) is 1. The number of furan rings is 1. The summed E-state index contributed by atoms with van der Waals surface area (Å²) in [6, 6.07) is 3.52. The van der Waals surface area contributed by atoms with Crippen molar-refractivity contribution in [2.24, 2.45) is 26.3 Å². The molecule has 3 heterocycles. The molecule has 3 N–H and O–H groups in total. The largest absolute Gasteiger partial charge is 0.461 e. The molecule has 0 aromatic carbocycles. The zero-order chi connectivity index (χ0) is 17.6. The quantitative estimate of drug-likeness (QED) is 0.467. The van der Waals surface area contributed by atoms with Crippen LogP contribution in [-0.4, -0.2) is 33.3 Å². The number of aliphatic hydroxyl groups is 1. The molecule has 0 spiro atoms. The van der Waals surface area contributed by atoms with E-state index in [0.717, 1.165) is 0 Å². The monoisotopic (exact) mass is 326 g/mol. The number of hydrogen-bond donors (Lipinski definition) is 2. The minimum Gasteiger partial charge on any atom is -0.461 e. The molecule has 0 saturated heterocycles. The molecule has 2 atom stereocenters. The fourth-order valence-electron chi connectivity index (χ4n) is 1.93. The second-order valence-electron chi connectivity index (χ2n) is 6.95. The Kier molecular flexibility index (Phi) is 3.57. The van der Waals surface area contributed by atoms with Gasteiger partial charge in [0.1, 0.15) is 11.8 Å². The third-order valence-electron chi connectivity index (χ3n) is 4.12. The van der Waals surface area contributed by atoms with E-state index in [-0.39, 0.29) is 4.70 Å². The molecule has 1 aromatic rings. The van der Waals surface area contributed by atoms with E-state index in [1.54, 1.807) is 31.5 Å². The zero-order valence-corrected chi connectivity index (χ0v) is 14.1. The Balaban J connectivity index is 1.92. The fraction of sp³-hybridized carbons (Fsp3) is 0.353. The lowest BCUT2D eigenvalue weighted by Gasteiger charge is -2.32. The van der Waals surface area contributed by atoms with Crippen LogP contribution in [0.4, 0.5) is 0 Å². The van der Waals surface area contributed by atoms with Gasteiger partial charge in [-0.1, -0.05) is 26.7 Å². The Labute approximate surface area is 140 Å². The number of allylic oxidation sites excluding steroid dienone is 1. The minimum absolute atomic E-state index is 0.374. The summed E-state index contributed by atoms with van der Waals surface area (Å²) in [7, 11) is 0. The Hall–Kier alpha value is -2.53. The highest BCUT2D eigenvalue weighted by atomic mass is 16.3. The summed E-state index contributed by atoms with van der Waals surface area (Å²) in [5.74, 6) is 13.4. The van der Waals surface area contributed by atoms with Gasteiger partial charge in [0.25, 0.3) is 11.7 Å². The maximum Gasteiger partial charge on any atom is 0.300 e. The van der Waals surface area contributed by atoms with Gasteiger partial charge in [0.05, 0.1) is 6.26 Å². The average molecular weight is 326 g/mol. The molecule has 2 aliphatic heterocycles. The summed E-state index contributed by atoms with van der Waals surface area (Å²) >= 11 is 0. The number of nitrogens with zero attached hydrogens (tertiary/aromatic N) is 4. The molecule has 124 valence electrons. The van der Waals surface area contributed by atoms with Crippen LogP contribution in [-0.2, 0) is 0 Å². The molecule has 0 amide bonds. The molecule has 3 rings (SSSR count). The van der Waals surface area contributed by atoms with Crippen LogP contribution in [0, 0.1) is 17.3 Å². The first-order chi connectivity index (χ1) is 11.1. The topological polar surface area (TPSA) is 96.5 Å². The molecular weight excluding hydrogens is 306 g/mol. The van der Waals surface area contributed by atoms with Gasteiger partial charge in [-0.2, -0.15) is 4.99 Å². The molecule has 1 aromatic heterocycles. The number of rotatable bonds is 1. The first-order valence-electron chi connectivity index (χ1n) is 7.54. The van der Waals surface area contributed by atoms with Crippen molar-refractivity contribution in [2.45, 2.75) is 33.3 Å². The van der Waals surface area contributed by atoms with E-state index >= 15 is 0 Å². The fourth-order valence-corrected chi connectivity index (χ4v) is 1.93. The lowest BCUT2D eigenvalue weighted by molar-refractivity contribution is -0.803.